The van der Waals surface area contributed by atoms with Crippen LogP contribution in [0.3, 0.4) is 0 Å². The normalized spacial score (nSPS) is 11.1. The van der Waals surface area contributed by atoms with Crippen molar-refractivity contribution in [3.63, 3.8) is 0 Å². The molecule has 0 saturated carbocycles. The van der Waals surface area contributed by atoms with Crippen molar-refractivity contribution in [2.24, 2.45) is 0 Å². The van der Waals surface area contributed by atoms with E-state index in [1.165, 1.54) is 6.07 Å². The number of benzene rings is 2. The van der Waals surface area contributed by atoms with Gasteiger partial charge in [-0.3, -0.25) is 0 Å². The summed E-state index contributed by atoms with van der Waals surface area (Å²) in [5, 5.41) is 11.3. The number of rotatable bonds is 2. The Kier molecular flexibility index (Phi) is 3.73. The molecule has 124 valence electrons. The lowest BCUT2D eigenvalue weighted by Gasteiger charge is -2.07. The van der Waals surface area contributed by atoms with Gasteiger partial charge in [-0.05, 0) is 24.6 Å². The van der Waals surface area contributed by atoms with Gasteiger partial charge in [-0.25, -0.2) is 4.79 Å². The van der Waals surface area contributed by atoms with Crippen molar-refractivity contribution in [1.82, 2.24) is 4.98 Å². The lowest BCUT2D eigenvalue weighted by Crippen LogP contribution is -2.04. The SMILES string of the molecule is Cc1cc(O)c(-c2c(-c3ccccc3)[nH]c3cc(Br)ccc23)c(=O)o1. The molecule has 4 aromatic rings. The number of aromatic hydroxyl groups is 1. The Labute approximate surface area is 151 Å². The Balaban J connectivity index is 2.14. The smallest absolute Gasteiger partial charge is 0.347 e. The fraction of sp³-hybridized carbons (Fsp3) is 0.0500. The summed E-state index contributed by atoms with van der Waals surface area (Å²) in [7, 11) is 0. The molecule has 4 rings (SSSR count). The Morgan fingerprint density at radius 1 is 1.04 bits per heavy atom. The first-order valence-electron chi connectivity index (χ1n) is 7.75. The van der Waals surface area contributed by atoms with Gasteiger partial charge in [-0.2, -0.15) is 0 Å². The van der Waals surface area contributed by atoms with Crippen molar-refractivity contribution in [3.05, 3.63) is 75.3 Å². The minimum absolute atomic E-state index is 0.0882. The maximum absolute atomic E-state index is 12.5. The molecule has 0 atom stereocenters. The first kappa shape index (κ1) is 15.7. The molecule has 2 heterocycles. The van der Waals surface area contributed by atoms with Crippen LogP contribution in [0.2, 0.25) is 0 Å². The second kappa shape index (κ2) is 5.93. The van der Waals surface area contributed by atoms with Crippen LogP contribution in [0.1, 0.15) is 5.76 Å². The largest absolute Gasteiger partial charge is 0.507 e. The second-order valence-corrected chi connectivity index (χ2v) is 6.75. The highest BCUT2D eigenvalue weighted by molar-refractivity contribution is 9.10. The van der Waals surface area contributed by atoms with E-state index in [1.54, 1.807) is 6.92 Å². The van der Waals surface area contributed by atoms with Gasteiger partial charge in [0, 0.05) is 27.0 Å². The van der Waals surface area contributed by atoms with E-state index in [4.69, 9.17) is 4.42 Å². The Hall–Kier alpha value is -2.79. The molecule has 0 saturated heterocycles. The van der Waals surface area contributed by atoms with Gasteiger partial charge in [0.05, 0.1) is 5.69 Å². The fourth-order valence-electron chi connectivity index (χ4n) is 3.08. The van der Waals surface area contributed by atoms with Crippen LogP contribution in [0, 0.1) is 6.92 Å². The molecule has 0 amide bonds. The summed E-state index contributed by atoms with van der Waals surface area (Å²) < 4.78 is 6.16. The summed E-state index contributed by atoms with van der Waals surface area (Å²) in [6, 6.07) is 16.9. The van der Waals surface area contributed by atoms with Crippen LogP contribution in [0.15, 0.2) is 68.3 Å². The first-order chi connectivity index (χ1) is 12.0. The molecule has 0 radical (unpaired) electrons. The predicted octanol–water partition coefficient (Wildman–Crippen LogP) is 5.23. The van der Waals surface area contributed by atoms with Crippen LogP contribution in [-0.4, -0.2) is 10.1 Å². The van der Waals surface area contributed by atoms with Crippen molar-refractivity contribution < 1.29 is 9.52 Å². The number of aromatic amines is 1. The summed E-state index contributed by atoms with van der Waals surface area (Å²) in [6.07, 6.45) is 0. The lowest BCUT2D eigenvalue weighted by molar-refractivity contribution is 0.438. The number of hydrogen-bond donors (Lipinski definition) is 2. The van der Waals surface area contributed by atoms with Crippen molar-refractivity contribution in [3.8, 4) is 28.1 Å². The second-order valence-electron chi connectivity index (χ2n) is 5.84. The van der Waals surface area contributed by atoms with E-state index in [1.807, 2.05) is 48.5 Å². The zero-order valence-corrected chi connectivity index (χ0v) is 14.9. The molecule has 2 aromatic carbocycles. The van der Waals surface area contributed by atoms with Gasteiger partial charge < -0.3 is 14.5 Å². The van der Waals surface area contributed by atoms with Gasteiger partial charge in [-0.15, -0.1) is 0 Å². The highest BCUT2D eigenvalue weighted by Crippen LogP contribution is 2.40. The molecule has 0 unspecified atom stereocenters. The molecule has 2 aromatic heterocycles. The molecule has 0 aliphatic rings. The van der Waals surface area contributed by atoms with Crippen molar-refractivity contribution in [2.75, 3.05) is 0 Å². The minimum Gasteiger partial charge on any atom is -0.507 e. The molecule has 5 heteroatoms. The third kappa shape index (κ3) is 2.66. The summed E-state index contributed by atoms with van der Waals surface area (Å²) in [6.45, 7) is 1.63. The fourth-order valence-corrected chi connectivity index (χ4v) is 3.44. The number of aryl methyl sites for hydroxylation is 1. The quantitative estimate of drug-likeness (QED) is 0.488. The van der Waals surface area contributed by atoms with Crippen LogP contribution in [0.25, 0.3) is 33.3 Å². The van der Waals surface area contributed by atoms with Crippen LogP contribution in [0.5, 0.6) is 5.75 Å². The maximum Gasteiger partial charge on any atom is 0.347 e. The molecule has 4 nitrogen and oxygen atoms in total. The van der Waals surface area contributed by atoms with E-state index in [0.717, 1.165) is 26.6 Å². The van der Waals surface area contributed by atoms with Gasteiger partial charge in [0.15, 0.2) is 0 Å². The minimum atomic E-state index is -0.557. The Bertz CT molecular complexity index is 1140. The number of halogens is 1. The van der Waals surface area contributed by atoms with Gasteiger partial charge in [0.1, 0.15) is 17.1 Å². The number of aromatic nitrogens is 1. The molecule has 2 N–H and O–H groups in total. The number of nitrogens with one attached hydrogen (secondary N) is 1. The predicted molar refractivity (Wildman–Crippen MR) is 102 cm³/mol. The third-order valence-corrected chi connectivity index (χ3v) is 4.62. The van der Waals surface area contributed by atoms with E-state index in [-0.39, 0.29) is 11.3 Å². The van der Waals surface area contributed by atoms with E-state index in [9.17, 15) is 9.90 Å². The van der Waals surface area contributed by atoms with E-state index in [0.29, 0.717) is 11.3 Å². The number of fused-ring (bicyclic) bond motifs is 1. The van der Waals surface area contributed by atoms with Crippen molar-refractivity contribution in [1.29, 1.82) is 0 Å². The number of H-pyrrole nitrogens is 1. The van der Waals surface area contributed by atoms with Gasteiger partial charge in [-0.1, -0.05) is 52.3 Å². The van der Waals surface area contributed by atoms with E-state index in [2.05, 4.69) is 20.9 Å². The molecule has 0 bridgehead atoms. The molecule has 0 spiro atoms. The topological polar surface area (TPSA) is 66.2 Å². The summed E-state index contributed by atoms with van der Waals surface area (Å²) in [4.78, 5) is 15.9. The third-order valence-electron chi connectivity index (χ3n) is 4.13. The highest BCUT2D eigenvalue weighted by atomic mass is 79.9. The molecule has 25 heavy (non-hydrogen) atoms. The van der Waals surface area contributed by atoms with Gasteiger partial charge in [0.25, 0.3) is 0 Å². The van der Waals surface area contributed by atoms with Crippen molar-refractivity contribution >= 4 is 26.8 Å². The summed E-state index contributed by atoms with van der Waals surface area (Å²) >= 11 is 3.47. The Morgan fingerprint density at radius 3 is 2.52 bits per heavy atom. The monoisotopic (exact) mass is 395 g/mol. The first-order valence-corrected chi connectivity index (χ1v) is 8.54. The van der Waals surface area contributed by atoms with E-state index < -0.39 is 5.63 Å². The molecule has 0 fully saturated rings. The Morgan fingerprint density at radius 2 is 1.80 bits per heavy atom. The standard InChI is InChI=1S/C20H14BrNO3/c1-11-9-16(23)18(20(24)25-11)17-14-8-7-13(21)10-15(14)22-19(17)12-5-3-2-4-6-12/h2-10,22-23H,1H3. The maximum atomic E-state index is 12.5. The lowest BCUT2D eigenvalue weighted by atomic mass is 9.99. The van der Waals surface area contributed by atoms with Crippen LogP contribution in [0.4, 0.5) is 0 Å². The zero-order chi connectivity index (χ0) is 17.6. The average Bonchev–Trinajstić information content (AvgIpc) is 2.93. The van der Waals surface area contributed by atoms with Gasteiger partial charge in [0.2, 0.25) is 0 Å². The zero-order valence-electron chi connectivity index (χ0n) is 13.3. The summed E-state index contributed by atoms with van der Waals surface area (Å²) in [5.74, 6) is 0.282. The van der Waals surface area contributed by atoms with Crippen LogP contribution >= 0.6 is 15.9 Å². The average molecular weight is 396 g/mol. The molecule has 0 aliphatic carbocycles. The summed E-state index contributed by atoms with van der Waals surface area (Å²) in [5.41, 5.74) is 2.79. The van der Waals surface area contributed by atoms with E-state index >= 15 is 0 Å². The highest BCUT2D eigenvalue weighted by Gasteiger charge is 2.22. The van der Waals surface area contributed by atoms with Crippen LogP contribution < -0.4 is 5.63 Å². The molecule has 0 aliphatic heterocycles. The molecular weight excluding hydrogens is 382 g/mol. The number of hydrogen-bond acceptors (Lipinski definition) is 3. The van der Waals surface area contributed by atoms with Crippen molar-refractivity contribution in [2.45, 2.75) is 6.92 Å². The van der Waals surface area contributed by atoms with Gasteiger partial charge >= 0.3 is 5.63 Å². The molecular formula is C20H14BrNO3. The van der Waals surface area contributed by atoms with Crippen LogP contribution in [-0.2, 0) is 0 Å².